The fourth-order valence-electron chi connectivity index (χ4n) is 2.56. The van der Waals surface area contributed by atoms with Gasteiger partial charge in [-0.1, -0.05) is 6.07 Å². The first-order chi connectivity index (χ1) is 11.7. The Morgan fingerprint density at radius 3 is 2.72 bits per heavy atom. The number of hydrogen-bond acceptors (Lipinski definition) is 5. The van der Waals surface area contributed by atoms with Gasteiger partial charge in [0.15, 0.2) is 0 Å². The van der Waals surface area contributed by atoms with Crippen molar-refractivity contribution in [2.75, 3.05) is 25.0 Å². The number of hydrogen-bond donors (Lipinski definition) is 3. The first-order valence-corrected chi connectivity index (χ1v) is 9.90. The molecule has 1 amide bonds. The lowest BCUT2D eigenvalue weighted by Gasteiger charge is -2.20. The van der Waals surface area contributed by atoms with Gasteiger partial charge in [0.2, 0.25) is 15.9 Å². The molecule has 1 aromatic rings. The zero-order valence-corrected chi connectivity index (χ0v) is 15.8. The number of sulfonamides is 1. The molecule has 0 saturated carbocycles. The Balaban J connectivity index is 1.90. The van der Waals surface area contributed by atoms with Crippen molar-refractivity contribution in [2.45, 2.75) is 50.2 Å². The molecule has 0 aromatic heterocycles. The summed E-state index contributed by atoms with van der Waals surface area (Å²) in [4.78, 5) is 12.1. The summed E-state index contributed by atoms with van der Waals surface area (Å²) >= 11 is 0. The fourth-order valence-corrected chi connectivity index (χ4v) is 4.02. The van der Waals surface area contributed by atoms with Crippen LogP contribution in [0.1, 0.15) is 33.6 Å². The van der Waals surface area contributed by atoms with Crippen molar-refractivity contribution in [3.63, 3.8) is 0 Å². The maximum atomic E-state index is 12.4. The number of anilines is 1. The molecule has 25 heavy (non-hydrogen) atoms. The molecule has 3 N–H and O–H groups in total. The van der Waals surface area contributed by atoms with Gasteiger partial charge in [-0.25, -0.2) is 13.1 Å². The van der Waals surface area contributed by atoms with Crippen LogP contribution in [-0.4, -0.2) is 45.7 Å². The molecule has 0 aliphatic carbocycles. The van der Waals surface area contributed by atoms with E-state index in [0.29, 0.717) is 12.2 Å². The summed E-state index contributed by atoms with van der Waals surface area (Å²) in [7, 11) is -3.64. The van der Waals surface area contributed by atoms with Crippen molar-refractivity contribution in [3.05, 3.63) is 24.3 Å². The second-order valence-corrected chi connectivity index (χ2v) is 8.88. The van der Waals surface area contributed by atoms with Gasteiger partial charge in [0.1, 0.15) is 0 Å². The summed E-state index contributed by atoms with van der Waals surface area (Å²) in [5.41, 5.74) is -0.134. The van der Waals surface area contributed by atoms with Crippen LogP contribution in [-0.2, 0) is 19.6 Å². The Hall–Kier alpha value is -1.48. The monoisotopic (exact) mass is 369 g/mol. The highest BCUT2D eigenvalue weighted by Crippen LogP contribution is 2.17. The molecule has 1 aliphatic rings. The van der Waals surface area contributed by atoms with Crippen LogP contribution in [0.3, 0.4) is 0 Å². The summed E-state index contributed by atoms with van der Waals surface area (Å²) in [5, 5.41) is 5.76. The number of ether oxygens (including phenoxy) is 1. The van der Waals surface area contributed by atoms with Gasteiger partial charge in [-0.2, -0.15) is 0 Å². The zero-order valence-electron chi connectivity index (χ0n) is 15.0. The van der Waals surface area contributed by atoms with Gasteiger partial charge in [-0.15, -0.1) is 0 Å². The molecule has 1 saturated heterocycles. The highest BCUT2D eigenvalue weighted by Gasteiger charge is 2.22. The Labute approximate surface area is 149 Å². The van der Waals surface area contributed by atoms with Crippen LogP contribution in [0.5, 0.6) is 0 Å². The summed E-state index contributed by atoms with van der Waals surface area (Å²) in [6.45, 7) is 6.89. The largest absolute Gasteiger partial charge is 0.377 e. The third-order valence-corrected chi connectivity index (χ3v) is 5.31. The van der Waals surface area contributed by atoms with Gasteiger partial charge in [0.25, 0.3) is 0 Å². The molecule has 2 rings (SSSR count). The van der Waals surface area contributed by atoms with Gasteiger partial charge in [-0.3, -0.25) is 4.79 Å². The molecule has 1 heterocycles. The molecule has 7 nitrogen and oxygen atoms in total. The van der Waals surface area contributed by atoms with Crippen molar-refractivity contribution in [2.24, 2.45) is 0 Å². The third-order valence-electron chi connectivity index (χ3n) is 3.55. The molecule has 0 spiro atoms. The number of benzene rings is 1. The second-order valence-electron chi connectivity index (χ2n) is 7.20. The number of amides is 1. The maximum Gasteiger partial charge on any atom is 0.241 e. The minimum Gasteiger partial charge on any atom is -0.377 e. The predicted octanol–water partition coefficient (Wildman–Crippen LogP) is 1.47. The first-order valence-electron chi connectivity index (χ1n) is 8.42. The number of carbonyl (C=O) groups is 1. The molecule has 1 unspecified atom stereocenters. The lowest BCUT2D eigenvalue weighted by molar-refractivity contribution is -0.115. The zero-order chi connectivity index (χ0) is 18.5. The van der Waals surface area contributed by atoms with Crippen molar-refractivity contribution in [1.82, 2.24) is 10.0 Å². The summed E-state index contributed by atoms with van der Waals surface area (Å²) in [6, 6.07) is 6.21. The van der Waals surface area contributed by atoms with Crippen LogP contribution in [0.25, 0.3) is 0 Å². The molecule has 0 radical (unpaired) electrons. The van der Waals surface area contributed by atoms with E-state index in [1.807, 2.05) is 0 Å². The van der Waals surface area contributed by atoms with Crippen molar-refractivity contribution in [3.8, 4) is 0 Å². The van der Waals surface area contributed by atoms with E-state index in [9.17, 15) is 13.2 Å². The Morgan fingerprint density at radius 1 is 1.32 bits per heavy atom. The highest BCUT2D eigenvalue weighted by atomic mass is 32.2. The average Bonchev–Trinajstić information content (AvgIpc) is 2.98. The molecular formula is C17H27N3O4S. The van der Waals surface area contributed by atoms with Crippen LogP contribution in [0.2, 0.25) is 0 Å². The van der Waals surface area contributed by atoms with Gasteiger partial charge < -0.3 is 15.4 Å². The minimum atomic E-state index is -3.64. The van der Waals surface area contributed by atoms with Crippen LogP contribution in [0.15, 0.2) is 29.2 Å². The van der Waals surface area contributed by atoms with E-state index in [2.05, 4.69) is 15.4 Å². The fraction of sp³-hybridized carbons (Fsp3) is 0.588. The predicted molar refractivity (Wildman–Crippen MR) is 97.0 cm³/mol. The lowest BCUT2D eigenvalue weighted by atomic mass is 10.1. The number of carbonyl (C=O) groups excluding carboxylic acids is 1. The van der Waals surface area contributed by atoms with Crippen molar-refractivity contribution < 1.29 is 17.9 Å². The topological polar surface area (TPSA) is 96.5 Å². The van der Waals surface area contributed by atoms with E-state index in [1.54, 1.807) is 32.9 Å². The molecule has 1 atom stereocenters. The van der Waals surface area contributed by atoms with Crippen LogP contribution < -0.4 is 15.4 Å². The second kappa shape index (κ2) is 8.27. The van der Waals surface area contributed by atoms with Gasteiger partial charge in [0.05, 0.1) is 17.5 Å². The normalized spacial score (nSPS) is 18.3. The van der Waals surface area contributed by atoms with Gasteiger partial charge in [0, 0.05) is 24.4 Å². The van der Waals surface area contributed by atoms with Crippen LogP contribution >= 0.6 is 0 Å². The Bertz CT molecular complexity index is 692. The third kappa shape index (κ3) is 6.74. The molecule has 1 aromatic carbocycles. The molecule has 8 heteroatoms. The van der Waals surface area contributed by atoms with E-state index >= 15 is 0 Å². The average molecular weight is 369 g/mol. The van der Waals surface area contributed by atoms with Crippen molar-refractivity contribution >= 4 is 21.6 Å². The number of rotatable bonds is 7. The highest BCUT2D eigenvalue weighted by molar-refractivity contribution is 7.89. The summed E-state index contributed by atoms with van der Waals surface area (Å²) < 4.78 is 32.8. The van der Waals surface area contributed by atoms with E-state index in [0.717, 1.165) is 19.4 Å². The Morgan fingerprint density at radius 2 is 2.08 bits per heavy atom. The summed E-state index contributed by atoms with van der Waals surface area (Å²) in [5.74, 6) is -0.226. The van der Waals surface area contributed by atoms with Gasteiger partial charge >= 0.3 is 0 Å². The standard InChI is InChI=1S/C17H27N3O4S/c1-17(2,3)20-25(22,23)15-8-4-6-13(10-15)19-16(21)12-18-11-14-7-5-9-24-14/h4,6,8,10,14,18,20H,5,7,9,11-12H2,1-3H3,(H,19,21). The molecule has 1 fully saturated rings. The lowest BCUT2D eigenvalue weighted by Crippen LogP contribution is -2.40. The quantitative estimate of drug-likeness (QED) is 0.676. The summed E-state index contributed by atoms with van der Waals surface area (Å²) in [6.07, 6.45) is 2.24. The molecule has 1 aliphatic heterocycles. The van der Waals surface area contributed by atoms with Crippen LogP contribution in [0.4, 0.5) is 5.69 Å². The van der Waals surface area contributed by atoms with E-state index < -0.39 is 15.6 Å². The Kier molecular flexibility index (Phi) is 6.56. The smallest absolute Gasteiger partial charge is 0.241 e. The molecule has 140 valence electrons. The maximum absolute atomic E-state index is 12.4. The molecular weight excluding hydrogens is 342 g/mol. The molecule has 0 bridgehead atoms. The van der Waals surface area contributed by atoms with Gasteiger partial charge in [-0.05, 0) is 51.8 Å². The van der Waals surface area contributed by atoms with E-state index in [-0.39, 0.29) is 23.5 Å². The van der Waals surface area contributed by atoms with Crippen molar-refractivity contribution in [1.29, 1.82) is 0 Å². The first kappa shape index (κ1) is 19.8. The van der Waals surface area contributed by atoms with Crippen LogP contribution in [0, 0.1) is 0 Å². The SMILES string of the molecule is CC(C)(C)NS(=O)(=O)c1cccc(NC(=O)CNCC2CCCO2)c1. The minimum absolute atomic E-state index is 0.118. The number of nitrogens with one attached hydrogen (secondary N) is 3. The van der Waals surface area contributed by atoms with E-state index in [4.69, 9.17) is 4.74 Å². The van der Waals surface area contributed by atoms with E-state index in [1.165, 1.54) is 12.1 Å².